The van der Waals surface area contributed by atoms with Gasteiger partial charge in [0.25, 0.3) is 0 Å². The number of halogens is 2. The Bertz CT molecular complexity index is 278. The van der Waals surface area contributed by atoms with Crippen LogP contribution in [0.1, 0.15) is 13.8 Å². The van der Waals surface area contributed by atoms with Crippen molar-refractivity contribution in [3.05, 3.63) is 20.9 Å². The summed E-state index contributed by atoms with van der Waals surface area (Å²) in [5, 5.41) is 0.464. The van der Waals surface area contributed by atoms with Crippen LogP contribution in [0.5, 0.6) is 5.88 Å². The van der Waals surface area contributed by atoms with Crippen molar-refractivity contribution in [2.75, 3.05) is 0 Å². The summed E-state index contributed by atoms with van der Waals surface area (Å²) < 4.78 is 6.40. The second-order valence-electron chi connectivity index (χ2n) is 2.59. The van der Waals surface area contributed by atoms with Crippen molar-refractivity contribution >= 4 is 34.2 Å². The molecule has 0 aliphatic rings. The first-order valence-corrected chi connectivity index (χ1v) is 5.04. The maximum atomic E-state index is 5.71. The van der Waals surface area contributed by atoms with Gasteiger partial charge in [0.15, 0.2) is 0 Å². The maximum Gasteiger partial charge on any atom is 0.228 e. The number of aromatic nitrogens is 1. The minimum Gasteiger partial charge on any atom is -0.474 e. The van der Waals surface area contributed by atoms with E-state index >= 15 is 0 Å². The summed E-state index contributed by atoms with van der Waals surface area (Å²) in [7, 11) is 0. The van der Waals surface area contributed by atoms with Gasteiger partial charge in [-0.15, -0.1) is 0 Å². The first-order valence-electron chi connectivity index (χ1n) is 3.58. The highest BCUT2D eigenvalue weighted by Gasteiger charge is 2.04. The normalized spacial score (nSPS) is 10.4. The number of nitrogens with zero attached hydrogens (tertiary/aromatic N) is 1. The number of pyridine rings is 1. The van der Waals surface area contributed by atoms with Gasteiger partial charge in [-0.2, -0.15) is 0 Å². The lowest BCUT2D eigenvalue weighted by atomic mass is 10.4. The van der Waals surface area contributed by atoms with Crippen molar-refractivity contribution in [2.24, 2.45) is 0 Å². The van der Waals surface area contributed by atoms with E-state index in [-0.39, 0.29) is 6.10 Å². The molecule has 4 heteroatoms. The van der Waals surface area contributed by atoms with E-state index in [1.54, 1.807) is 6.07 Å². The molecular weight excluding hydrogens is 288 g/mol. The summed E-state index contributed by atoms with van der Waals surface area (Å²) in [6, 6.07) is 3.63. The Kier molecular flexibility index (Phi) is 3.58. The number of hydrogen-bond acceptors (Lipinski definition) is 2. The fraction of sp³-hybridized carbons (Fsp3) is 0.375. The van der Waals surface area contributed by atoms with E-state index in [0.717, 1.165) is 3.57 Å². The molecule has 1 rings (SSSR count). The fourth-order valence-corrected chi connectivity index (χ4v) is 1.27. The van der Waals surface area contributed by atoms with Gasteiger partial charge in [-0.1, -0.05) is 11.6 Å². The molecule has 0 spiro atoms. The molecule has 2 nitrogen and oxygen atoms in total. The second kappa shape index (κ2) is 4.28. The van der Waals surface area contributed by atoms with Crippen LogP contribution in [0.4, 0.5) is 0 Å². The lowest BCUT2D eigenvalue weighted by molar-refractivity contribution is 0.231. The van der Waals surface area contributed by atoms with Gasteiger partial charge in [0.05, 0.1) is 9.67 Å². The van der Waals surface area contributed by atoms with Gasteiger partial charge in [0, 0.05) is 0 Å². The summed E-state index contributed by atoms with van der Waals surface area (Å²) >= 11 is 7.87. The molecule has 0 unspecified atom stereocenters. The van der Waals surface area contributed by atoms with Crippen LogP contribution in [0.2, 0.25) is 5.15 Å². The van der Waals surface area contributed by atoms with E-state index in [0.29, 0.717) is 11.0 Å². The third-order valence-electron chi connectivity index (χ3n) is 1.13. The molecule has 0 aliphatic carbocycles. The molecule has 0 aliphatic heterocycles. The Morgan fingerprint density at radius 1 is 1.50 bits per heavy atom. The Balaban J connectivity index is 2.90. The molecule has 0 amide bonds. The minimum absolute atomic E-state index is 0.129. The van der Waals surface area contributed by atoms with Gasteiger partial charge in [-0.3, -0.25) is 0 Å². The topological polar surface area (TPSA) is 22.1 Å². The van der Waals surface area contributed by atoms with Crippen molar-refractivity contribution < 1.29 is 4.74 Å². The van der Waals surface area contributed by atoms with Gasteiger partial charge in [0.2, 0.25) is 5.88 Å². The third kappa shape index (κ3) is 2.79. The van der Waals surface area contributed by atoms with Crippen LogP contribution in [0.3, 0.4) is 0 Å². The predicted octanol–water partition coefficient (Wildman–Crippen LogP) is 3.13. The first kappa shape index (κ1) is 10.1. The van der Waals surface area contributed by atoms with Crippen LogP contribution >= 0.6 is 34.2 Å². The third-order valence-corrected chi connectivity index (χ3v) is 2.16. The molecule has 66 valence electrons. The van der Waals surface area contributed by atoms with E-state index in [1.165, 1.54) is 0 Å². The molecule has 1 aromatic rings. The molecule has 0 fully saturated rings. The number of rotatable bonds is 2. The average Bonchev–Trinajstić information content (AvgIpc) is 1.96. The highest BCUT2D eigenvalue weighted by Crippen LogP contribution is 2.21. The smallest absolute Gasteiger partial charge is 0.228 e. The standard InChI is InChI=1S/C8H9ClINO/c1-5(2)12-8-6(10)3-4-7(9)11-8/h3-5H,1-2H3. The van der Waals surface area contributed by atoms with E-state index < -0.39 is 0 Å². The molecule has 0 aromatic carbocycles. The fourth-order valence-electron chi connectivity index (χ4n) is 0.707. The Hall–Kier alpha value is -0.0300. The van der Waals surface area contributed by atoms with Crippen LogP contribution in [-0.2, 0) is 0 Å². The zero-order valence-electron chi connectivity index (χ0n) is 6.84. The summed E-state index contributed by atoms with van der Waals surface area (Å²) in [5.74, 6) is 0.609. The van der Waals surface area contributed by atoms with E-state index in [4.69, 9.17) is 16.3 Å². The zero-order valence-corrected chi connectivity index (χ0v) is 9.76. The zero-order chi connectivity index (χ0) is 9.14. The first-order chi connectivity index (χ1) is 5.59. The SMILES string of the molecule is CC(C)Oc1nc(Cl)ccc1I. The van der Waals surface area contributed by atoms with E-state index in [2.05, 4.69) is 27.6 Å². The average molecular weight is 298 g/mol. The van der Waals surface area contributed by atoms with E-state index in [9.17, 15) is 0 Å². The van der Waals surface area contributed by atoms with Crippen LogP contribution < -0.4 is 4.74 Å². The largest absolute Gasteiger partial charge is 0.474 e. The summed E-state index contributed by atoms with van der Waals surface area (Å²) in [6.45, 7) is 3.91. The van der Waals surface area contributed by atoms with E-state index in [1.807, 2.05) is 19.9 Å². The summed E-state index contributed by atoms with van der Waals surface area (Å²) in [5.41, 5.74) is 0. The molecule has 1 aromatic heterocycles. The molecule has 0 bridgehead atoms. The van der Waals surface area contributed by atoms with Crippen molar-refractivity contribution in [2.45, 2.75) is 20.0 Å². The monoisotopic (exact) mass is 297 g/mol. The van der Waals surface area contributed by atoms with Gasteiger partial charge < -0.3 is 4.74 Å². The van der Waals surface area contributed by atoms with Gasteiger partial charge in [-0.25, -0.2) is 4.98 Å². The predicted molar refractivity (Wildman–Crippen MR) is 57.7 cm³/mol. The summed E-state index contributed by atoms with van der Waals surface area (Å²) in [4.78, 5) is 4.05. The lowest BCUT2D eigenvalue weighted by Crippen LogP contribution is -2.08. The molecule has 0 radical (unpaired) electrons. The number of hydrogen-bond donors (Lipinski definition) is 0. The van der Waals surface area contributed by atoms with Crippen LogP contribution in [0, 0.1) is 3.57 Å². The highest BCUT2D eigenvalue weighted by atomic mass is 127. The van der Waals surface area contributed by atoms with Crippen molar-refractivity contribution in [1.29, 1.82) is 0 Å². The molecule has 12 heavy (non-hydrogen) atoms. The van der Waals surface area contributed by atoms with Gasteiger partial charge in [0.1, 0.15) is 5.15 Å². The second-order valence-corrected chi connectivity index (χ2v) is 4.14. The Labute approximate surface area is 90.4 Å². The van der Waals surface area contributed by atoms with Crippen molar-refractivity contribution in [3.8, 4) is 5.88 Å². The Morgan fingerprint density at radius 3 is 2.75 bits per heavy atom. The van der Waals surface area contributed by atoms with Crippen molar-refractivity contribution in [3.63, 3.8) is 0 Å². The highest BCUT2D eigenvalue weighted by molar-refractivity contribution is 14.1. The maximum absolute atomic E-state index is 5.71. The molecule has 0 saturated carbocycles. The van der Waals surface area contributed by atoms with Crippen LogP contribution in [-0.4, -0.2) is 11.1 Å². The Morgan fingerprint density at radius 2 is 2.17 bits per heavy atom. The molecule has 0 atom stereocenters. The van der Waals surface area contributed by atoms with Gasteiger partial charge in [-0.05, 0) is 48.6 Å². The molecule has 0 N–H and O–H groups in total. The van der Waals surface area contributed by atoms with Crippen molar-refractivity contribution in [1.82, 2.24) is 4.98 Å². The minimum atomic E-state index is 0.129. The quantitative estimate of drug-likeness (QED) is 0.618. The lowest BCUT2D eigenvalue weighted by Gasteiger charge is -2.09. The van der Waals surface area contributed by atoms with Gasteiger partial charge >= 0.3 is 0 Å². The van der Waals surface area contributed by atoms with Crippen LogP contribution in [0.25, 0.3) is 0 Å². The van der Waals surface area contributed by atoms with Crippen LogP contribution in [0.15, 0.2) is 12.1 Å². The number of ether oxygens (including phenoxy) is 1. The molecule has 1 heterocycles. The molecular formula is C8H9ClINO. The molecule has 0 saturated heterocycles. The summed E-state index contributed by atoms with van der Waals surface area (Å²) in [6.07, 6.45) is 0.129.